The highest BCUT2D eigenvalue weighted by molar-refractivity contribution is 6.30. The average molecular weight is 309 g/mol. The molecule has 1 saturated carbocycles. The summed E-state index contributed by atoms with van der Waals surface area (Å²) in [7, 11) is 0. The van der Waals surface area contributed by atoms with Crippen LogP contribution in [0.15, 0.2) is 24.3 Å². The van der Waals surface area contributed by atoms with Crippen molar-refractivity contribution in [3.63, 3.8) is 0 Å². The van der Waals surface area contributed by atoms with Crippen LogP contribution in [0.5, 0.6) is 0 Å². The molecule has 0 spiro atoms. The van der Waals surface area contributed by atoms with Crippen LogP contribution in [0.4, 0.5) is 0 Å². The third-order valence-corrected chi connectivity index (χ3v) is 4.45. The number of halogens is 1. The lowest BCUT2D eigenvalue weighted by Gasteiger charge is -2.27. The van der Waals surface area contributed by atoms with Gasteiger partial charge in [-0.05, 0) is 57.2 Å². The maximum Gasteiger partial charge on any atom is 0.239 e. The summed E-state index contributed by atoms with van der Waals surface area (Å²) in [6, 6.07) is 8.05. The van der Waals surface area contributed by atoms with Crippen LogP contribution in [0.25, 0.3) is 0 Å². The number of carbonyl (C=O) groups is 1. The predicted octanol–water partition coefficient (Wildman–Crippen LogP) is 3.64. The second-order valence-corrected chi connectivity index (χ2v) is 6.20. The first-order chi connectivity index (χ1) is 10.1. The van der Waals surface area contributed by atoms with Gasteiger partial charge in [-0.3, -0.25) is 10.1 Å². The summed E-state index contributed by atoms with van der Waals surface area (Å²) in [6.07, 6.45) is 2.46. The second kappa shape index (κ2) is 7.28. The molecule has 0 aliphatic heterocycles. The first kappa shape index (κ1) is 16.3. The molecule has 1 aromatic rings. The van der Waals surface area contributed by atoms with E-state index in [4.69, 9.17) is 11.6 Å². The van der Waals surface area contributed by atoms with E-state index in [0.717, 1.165) is 18.1 Å². The topological polar surface area (TPSA) is 32.3 Å². The Morgan fingerprint density at radius 2 is 1.86 bits per heavy atom. The summed E-state index contributed by atoms with van der Waals surface area (Å²) in [6.45, 7) is 7.52. The van der Waals surface area contributed by atoms with Crippen LogP contribution in [-0.4, -0.2) is 29.9 Å². The zero-order chi connectivity index (χ0) is 15.4. The van der Waals surface area contributed by atoms with E-state index in [9.17, 15) is 4.79 Å². The molecule has 1 aliphatic carbocycles. The molecule has 0 bridgehead atoms. The lowest BCUT2D eigenvalue weighted by molar-refractivity contribution is -0.132. The number of hydrogen-bond donors (Lipinski definition) is 1. The molecule has 1 aliphatic rings. The molecule has 4 heteroatoms. The van der Waals surface area contributed by atoms with E-state index in [1.54, 1.807) is 0 Å². The van der Waals surface area contributed by atoms with Gasteiger partial charge >= 0.3 is 0 Å². The van der Waals surface area contributed by atoms with Gasteiger partial charge in [0.05, 0.1) is 6.04 Å². The van der Waals surface area contributed by atoms with Gasteiger partial charge in [0.25, 0.3) is 0 Å². The number of amides is 1. The van der Waals surface area contributed by atoms with Crippen LogP contribution in [0.1, 0.15) is 45.2 Å². The summed E-state index contributed by atoms with van der Waals surface area (Å²) >= 11 is 5.97. The van der Waals surface area contributed by atoms with Crippen molar-refractivity contribution >= 4 is 17.5 Å². The molecule has 3 nitrogen and oxygen atoms in total. The van der Waals surface area contributed by atoms with Crippen LogP contribution < -0.4 is 5.32 Å². The molecule has 0 radical (unpaired) electrons. The maximum atomic E-state index is 12.4. The molecule has 116 valence electrons. The Balaban J connectivity index is 2.06. The molecular formula is C17H25ClN2O. The molecule has 1 aromatic carbocycles. The third-order valence-electron chi connectivity index (χ3n) is 4.20. The van der Waals surface area contributed by atoms with Gasteiger partial charge < -0.3 is 4.90 Å². The number of nitrogens with one attached hydrogen (secondary N) is 1. The SMILES string of the molecule is CCN(CC)C(=O)C(C)NC(c1ccc(Cl)cc1)C1CC1. The lowest BCUT2D eigenvalue weighted by atomic mass is 10.0. The first-order valence-corrected chi connectivity index (χ1v) is 8.24. The minimum Gasteiger partial charge on any atom is -0.342 e. The highest BCUT2D eigenvalue weighted by Gasteiger charge is 2.34. The van der Waals surface area contributed by atoms with Gasteiger partial charge in [-0.2, -0.15) is 0 Å². The van der Waals surface area contributed by atoms with Crippen molar-refractivity contribution in [3.8, 4) is 0 Å². The van der Waals surface area contributed by atoms with E-state index in [-0.39, 0.29) is 18.0 Å². The molecule has 2 unspecified atom stereocenters. The van der Waals surface area contributed by atoms with E-state index in [1.165, 1.54) is 18.4 Å². The van der Waals surface area contributed by atoms with Crippen molar-refractivity contribution in [3.05, 3.63) is 34.9 Å². The van der Waals surface area contributed by atoms with E-state index < -0.39 is 0 Å². The van der Waals surface area contributed by atoms with Gasteiger partial charge in [0.15, 0.2) is 0 Å². The average Bonchev–Trinajstić information content (AvgIpc) is 3.31. The summed E-state index contributed by atoms with van der Waals surface area (Å²) in [5.74, 6) is 0.817. The normalized spacial score (nSPS) is 17.3. The van der Waals surface area contributed by atoms with Gasteiger partial charge in [-0.15, -0.1) is 0 Å². The Labute approximate surface area is 132 Å². The number of benzene rings is 1. The second-order valence-electron chi connectivity index (χ2n) is 5.77. The monoisotopic (exact) mass is 308 g/mol. The van der Waals surface area contributed by atoms with Crippen LogP contribution in [0.2, 0.25) is 5.02 Å². The minimum absolute atomic E-state index is 0.161. The first-order valence-electron chi connectivity index (χ1n) is 7.87. The highest BCUT2D eigenvalue weighted by Crippen LogP contribution is 2.41. The number of likely N-dealkylation sites (N-methyl/N-ethyl adjacent to an activating group) is 1. The molecule has 0 saturated heterocycles. The van der Waals surface area contributed by atoms with Gasteiger partial charge in [-0.1, -0.05) is 23.7 Å². The maximum absolute atomic E-state index is 12.4. The summed E-state index contributed by atoms with van der Waals surface area (Å²) in [5, 5.41) is 4.28. The molecule has 2 rings (SSSR count). The quantitative estimate of drug-likeness (QED) is 0.834. The molecule has 2 atom stereocenters. The number of nitrogens with zero attached hydrogens (tertiary/aromatic N) is 1. The molecule has 0 aromatic heterocycles. The molecule has 0 heterocycles. The van der Waals surface area contributed by atoms with Crippen LogP contribution in [-0.2, 0) is 4.79 Å². The smallest absolute Gasteiger partial charge is 0.239 e. The Morgan fingerprint density at radius 1 is 1.29 bits per heavy atom. The van der Waals surface area contributed by atoms with Crippen LogP contribution in [0, 0.1) is 5.92 Å². The number of carbonyl (C=O) groups excluding carboxylic acids is 1. The fraction of sp³-hybridized carbons (Fsp3) is 0.588. The largest absolute Gasteiger partial charge is 0.342 e. The molecule has 1 N–H and O–H groups in total. The van der Waals surface area contributed by atoms with Crippen molar-refractivity contribution in [2.45, 2.75) is 45.7 Å². The van der Waals surface area contributed by atoms with Crippen molar-refractivity contribution in [1.82, 2.24) is 10.2 Å². The van der Waals surface area contributed by atoms with Crippen LogP contribution in [0.3, 0.4) is 0 Å². The molecule has 21 heavy (non-hydrogen) atoms. The Kier molecular flexibility index (Phi) is 5.65. The highest BCUT2D eigenvalue weighted by atomic mass is 35.5. The van der Waals surface area contributed by atoms with Crippen LogP contribution >= 0.6 is 11.6 Å². The summed E-state index contributed by atoms with van der Waals surface area (Å²) in [5.41, 5.74) is 1.22. The predicted molar refractivity (Wildman–Crippen MR) is 87.4 cm³/mol. The molecule has 1 amide bonds. The fourth-order valence-electron chi connectivity index (χ4n) is 2.75. The standard InChI is InChI=1S/C17H25ClN2O/c1-4-20(5-2)17(21)12(3)19-16(13-6-7-13)14-8-10-15(18)11-9-14/h8-13,16,19H,4-7H2,1-3H3. The zero-order valence-corrected chi connectivity index (χ0v) is 13.9. The van der Waals surface area contributed by atoms with Gasteiger partial charge in [0, 0.05) is 24.2 Å². The number of hydrogen-bond acceptors (Lipinski definition) is 2. The van der Waals surface area contributed by atoms with Gasteiger partial charge in [0.2, 0.25) is 5.91 Å². The summed E-state index contributed by atoms with van der Waals surface area (Å²) in [4.78, 5) is 14.3. The van der Waals surface area contributed by atoms with Gasteiger partial charge in [0.1, 0.15) is 0 Å². The van der Waals surface area contributed by atoms with Crippen molar-refractivity contribution < 1.29 is 4.79 Å². The van der Waals surface area contributed by atoms with E-state index in [2.05, 4.69) is 17.4 Å². The van der Waals surface area contributed by atoms with Crippen molar-refractivity contribution in [1.29, 1.82) is 0 Å². The fourth-order valence-corrected chi connectivity index (χ4v) is 2.88. The Morgan fingerprint density at radius 3 is 2.33 bits per heavy atom. The number of rotatable bonds is 7. The lowest BCUT2D eigenvalue weighted by Crippen LogP contribution is -2.46. The van der Waals surface area contributed by atoms with Crippen molar-refractivity contribution in [2.24, 2.45) is 5.92 Å². The Bertz CT molecular complexity index is 466. The van der Waals surface area contributed by atoms with E-state index >= 15 is 0 Å². The molecular weight excluding hydrogens is 284 g/mol. The zero-order valence-electron chi connectivity index (χ0n) is 13.1. The minimum atomic E-state index is -0.161. The van der Waals surface area contributed by atoms with Crippen molar-refractivity contribution in [2.75, 3.05) is 13.1 Å². The Hall–Kier alpha value is -1.06. The van der Waals surface area contributed by atoms with Gasteiger partial charge in [-0.25, -0.2) is 0 Å². The molecule has 1 fully saturated rings. The third kappa shape index (κ3) is 4.21. The van der Waals surface area contributed by atoms with E-state index in [0.29, 0.717) is 5.92 Å². The van der Waals surface area contributed by atoms with E-state index in [1.807, 2.05) is 37.8 Å². The summed E-state index contributed by atoms with van der Waals surface area (Å²) < 4.78 is 0.